The van der Waals surface area contributed by atoms with E-state index in [-0.39, 0.29) is 6.71 Å². The molecule has 0 saturated carbocycles. The smallest absolute Gasteiger partial charge is 0.252 e. The van der Waals surface area contributed by atoms with Crippen LogP contribution in [0.15, 0.2) is 205 Å². The van der Waals surface area contributed by atoms with Gasteiger partial charge in [0, 0.05) is 44.9 Å². The molecule has 3 nitrogen and oxygen atoms in total. The first-order valence-corrected chi connectivity index (χ1v) is 19.3. The molecule has 260 valence electrons. The van der Waals surface area contributed by atoms with Crippen molar-refractivity contribution in [3.05, 3.63) is 200 Å². The lowest BCUT2D eigenvalue weighted by atomic mass is 9.32. The summed E-state index contributed by atoms with van der Waals surface area (Å²) in [5.41, 5.74) is 17.7. The number of hydrogen-bond acceptors (Lipinski definition) is 3. The zero-order valence-corrected chi connectivity index (χ0v) is 30.4. The van der Waals surface area contributed by atoms with Crippen LogP contribution in [0, 0.1) is 0 Å². The molecule has 2 aliphatic heterocycles. The number of para-hydroxylation sites is 3. The first-order chi connectivity index (χ1) is 27.8. The Morgan fingerprint density at radius 1 is 0.357 bits per heavy atom. The van der Waals surface area contributed by atoms with Gasteiger partial charge >= 0.3 is 0 Å². The third-order valence-electron chi connectivity index (χ3n) is 11.8. The van der Waals surface area contributed by atoms with Gasteiger partial charge < -0.3 is 14.2 Å². The zero-order valence-electron chi connectivity index (χ0n) is 30.4. The topological polar surface area (TPSA) is 19.6 Å². The Balaban J connectivity index is 1.03. The predicted octanol–water partition coefficient (Wildman–Crippen LogP) is 12.2. The van der Waals surface area contributed by atoms with E-state index in [2.05, 4.69) is 210 Å². The van der Waals surface area contributed by atoms with Crippen LogP contribution in [0.2, 0.25) is 0 Å². The Labute approximate surface area is 325 Å². The van der Waals surface area contributed by atoms with E-state index in [1.807, 2.05) is 0 Å². The fourth-order valence-corrected chi connectivity index (χ4v) is 9.37. The molecule has 4 heteroatoms. The molecule has 0 atom stereocenters. The quantitative estimate of drug-likeness (QED) is 0.169. The fourth-order valence-electron chi connectivity index (χ4n) is 9.37. The van der Waals surface area contributed by atoms with Gasteiger partial charge in [-0.25, -0.2) is 0 Å². The molecule has 0 fully saturated rings. The van der Waals surface area contributed by atoms with Gasteiger partial charge in [0.15, 0.2) is 0 Å². The van der Waals surface area contributed by atoms with E-state index >= 15 is 0 Å². The Hall–Kier alpha value is -7.30. The third kappa shape index (κ3) is 4.60. The molecule has 1 aromatic heterocycles. The molecule has 0 amide bonds. The Bertz CT molecular complexity index is 3140. The molecule has 9 aromatic carbocycles. The van der Waals surface area contributed by atoms with Crippen molar-refractivity contribution in [2.45, 2.75) is 0 Å². The molecule has 12 rings (SSSR count). The summed E-state index contributed by atoms with van der Waals surface area (Å²) < 4.78 is 6.33. The van der Waals surface area contributed by atoms with Crippen molar-refractivity contribution >= 4 is 89.9 Å². The van der Waals surface area contributed by atoms with Crippen molar-refractivity contribution in [1.82, 2.24) is 0 Å². The number of hydrogen-bond donors (Lipinski definition) is 0. The molecule has 0 unspecified atom stereocenters. The van der Waals surface area contributed by atoms with E-state index in [4.69, 9.17) is 4.42 Å². The summed E-state index contributed by atoms with van der Waals surface area (Å²) in [5, 5.41) is 4.70. The summed E-state index contributed by atoms with van der Waals surface area (Å²) in [4.78, 5) is 4.91. The highest BCUT2D eigenvalue weighted by atomic mass is 16.3. The van der Waals surface area contributed by atoms with E-state index in [9.17, 15) is 0 Å². The van der Waals surface area contributed by atoms with E-state index in [1.165, 1.54) is 72.2 Å². The second-order valence-electron chi connectivity index (χ2n) is 14.9. The number of benzene rings is 9. The van der Waals surface area contributed by atoms with Crippen LogP contribution >= 0.6 is 0 Å². The minimum atomic E-state index is 0.0380. The zero-order chi connectivity index (χ0) is 36.7. The summed E-state index contributed by atoms with van der Waals surface area (Å²) in [6.07, 6.45) is 0. The van der Waals surface area contributed by atoms with Gasteiger partial charge in [-0.15, -0.1) is 0 Å². The van der Waals surface area contributed by atoms with Crippen molar-refractivity contribution in [2.75, 3.05) is 9.80 Å². The normalized spacial score (nSPS) is 12.9. The van der Waals surface area contributed by atoms with Crippen LogP contribution in [-0.4, -0.2) is 6.71 Å². The minimum absolute atomic E-state index is 0.0380. The molecule has 2 aliphatic rings. The van der Waals surface area contributed by atoms with E-state index < -0.39 is 0 Å². The average molecular weight is 713 g/mol. The van der Waals surface area contributed by atoms with Gasteiger partial charge in [0.25, 0.3) is 6.71 Å². The summed E-state index contributed by atoms with van der Waals surface area (Å²) in [5.74, 6) is 0. The molecule has 0 saturated heterocycles. The van der Waals surface area contributed by atoms with Crippen molar-refractivity contribution in [3.8, 4) is 22.3 Å². The summed E-state index contributed by atoms with van der Waals surface area (Å²) >= 11 is 0. The Morgan fingerprint density at radius 2 is 0.893 bits per heavy atom. The molecule has 10 aromatic rings. The lowest BCUT2D eigenvalue weighted by Crippen LogP contribution is -2.61. The highest BCUT2D eigenvalue weighted by Crippen LogP contribution is 2.45. The van der Waals surface area contributed by atoms with Gasteiger partial charge in [-0.2, -0.15) is 0 Å². The van der Waals surface area contributed by atoms with Crippen LogP contribution in [0.5, 0.6) is 0 Å². The minimum Gasteiger partial charge on any atom is -0.456 e. The van der Waals surface area contributed by atoms with Crippen LogP contribution in [0.25, 0.3) is 55.0 Å². The molecule has 56 heavy (non-hydrogen) atoms. The maximum atomic E-state index is 6.33. The van der Waals surface area contributed by atoms with Gasteiger partial charge in [0.1, 0.15) is 11.2 Å². The van der Waals surface area contributed by atoms with Crippen LogP contribution in [-0.2, 0) is 0 Å². The monoisotopic (exact) mass is 712 g/mol. The van der Waals surface area contributed by atoms with E-state index in [0.717, 1.165) is 33.3 Å². The highest BCUT2D eigenvalue weighted by Gasteiger charge is 2.44. The molecule has 0 spiro atoms. The van der Waals surface area contributed by atoms with Crippen molar-refractivity contribution in [2.24, 2.45) is 0 Å². The van der Waals surface area contributed by atoms with Crippen LogP contribution in [0.3, 0.4) is 0 Å². The second-order valence-corrected chi connectivity index (χ2v) is 14.9. The summed E-state index contributed by atoms with van der Waals surface area (Å²) in [6.45, 7) is 0.0380. The van der Waals surface area contributed by atoms with Crippen LogP contribution in [0.1, 0.15) is 0 Å². The lowest BCUT2D eigenvalue weighted by molar-refractivity contribution is 0.669. The van der Waals surface area contributed by atoms with Gasteiger partial charge in [-0.05, 0) is 122 Å². The lowest BCUT2D eigenvalue weighted by Gasteiger charge is -2.44. The van der Waals surface area contributed by atoms with Crippen molar-refractivity contribution in [1.29, 1.82) is 0 Å². The molecule has 0 aliphatic carbocycles. The molecular weight excluding hydrogens is 679 g/mol. The molecule has 3 heterocycles. The number of rotatable bonds is 4. The number of furan rings is 1. The number of nitrogens with zero attached hydrogens (tertiary/aromatic N) is 2. The predicted molar refractivity (Wildman–Crippen MR) is 236 cm³/mol. The third-order valence-corrected chi connectivity index (χ3v) is 11.8. The molecule has 0 radical (unpaired) electrons. The number of anilines is 6. The first-order valence-electron chi connectivity index (χ1n) is 19.3. The maximum Gasteiger partial charge on any atom is 0.252 e. The van der Waals surface area contributed by atoms with E-state index in [0.29, 0.717) is 0 Å². The number of fused-ring (bicyclic) bond motifs is 8. The van der Waals surface area contributed by atoms with Gasteiger partial charge in [0.2, 0.25) is 0 Å². The fraction of sp³-hybridized carbons (Fsp3) is 0. The Morgan fingerprint density at radius 3 is 1.62 bits per heavy atom. The first kappa shape index (κ1) is 31.1. The largest absolute Gasteiger partial charge is 0.456 e. The van der Waals surface area contributed by atoms with Crippen molar-refractivity contribution < 1.29 is 4.42 Å². The van der Waals surface area contributed by atoms with Gasteiger partial charge in [-0.1, -0.05) is 127 Å². The van der Waals surface area contributed by atoms with Gasteiger partial charge in [-0.3, -0.25) is 0 Å². The highest BCUT2D eigenvalue weighted by molar-refractivity contribution is 7.01. The SMILES string of the molecule is c1ccc(N2c3ccccc3B3c4c(-c5ccc(-c6ccc7oc8cc9ccccc9cc8c7c6)cc5)cccc4N(c4ccccc4)c4cccc2c43)cc1. The Kier molecular flexibility index (Phi) is 6.72. The van der Waals surface area contributed by atoms with Crippen LogP contribution < -0.4 is 26.2 Å². The molecule has 0 bridgehead atoms. The molecule has 0 N–H and O–H groups in total. The summed E-state index contributed by atoms with van der Waals surface area (Å²) in [7, 11) is 0. The van der Waals surface area contributed by atoms with Crippen molar-refractivity contribution in [3.63, 3.8) is 0 Å². The average Bonchev–Trinajstić information content (AvgIpc) is 3.62. The maximum absolute atomic E-state index is 6.33. The van der Waals surface area contributed by atoms with Gasteiger partial charge in [0.05, 0.1) is 0 Å². The second kappa shape index (κ2) is 12.1. The van der Waals surface area contributed by atoms with E-state index in [1.54, 1.807) is 0 Å². The standard InChI is InChI=1S/C52H33BN2O/c1-3-15-39(16-4-1)54-45-21-10-9-20-44(45)53-51-41(19-11-22-46(51)55(40-17-5-2-6-18-40)48-24-12-23-47(54)52(48)53)35-27-25-34(26-28-35)38-29-30-49-42(32-38)43-31-36-13-7-8-14-37(36)33-50(43)56-49/h1-33H. The molecular formula is C52H33BN2O. The summed E-state index contributed by atoms with van der Waals surface area (Å²) in [6, 6.07) is 72.8. The van der Waals surface area contributed by atoms with Crippen LogP contribution in [0.4, 0.5) is 34.1 Å².